The van der Waals surface area contributed by atoms with Crippen molar-refractivity contribution in [1.82, 2.24) is 4.98 Å². The van der Waals surface area contributed by atoms with Gasteiger partial charge in [0.1, 0.15) is 4.60 Å². The summed E-state index contributed by atoms with van der Waals surface area (Å²) in [7, 11) is 0. The van der Waals surface area contributed by atoms with Crippen LogP contribution < -0.4 is 0 Å². The lowest BCUT2D eigenvalue weighted by atomic mass is 10.4. The molecule has 0 aliphatic carbocycles. The van der Waals surface area contributed by atoms with E-state index in [2.05, 4.69) is 20.9 Å². The summed E-state index contributed by atoms with van der Waals surface area (Å²) in [6.45, 7) is 0.195. The molecule has 0 aliphatic rings. The van der Waals surface area contributed by atoms with E-state index >= 15 is 0 Å². The van der Waals surface area contributed by atoms with Crippen LogP contribution in [0.5, 0.6) is 0 Å². The third-order valence-electron chi connectivity index (χ3n) is 0.930. The van der Waals surface area contributed by atoms with E-state index in [-0.39, 0.29) is 6.61 Å². The second-order valence-corrected chi connectivity index (χ2v) is 3.23. The predicted octanol–water partition coefficient (Wildman–Crippen LogP) is 1.44. The van der Waals surface area contributed by atoms with Gasteiger partial charge in [0.15, 0.2) is 0 Å². The number of aliphatic hydroxyl groups is 1. The van der Waals surface area contributed by atoms with Gasteiger partial charge >= 0.3 is 0 Å². The smallest absolute Gasteiger partial charge is 0.120 e. The summed E-state index contributed by atoms with van der Waals surface area (Å²) in [5.74, 6) is 0. The molecule has 0 amide bonds. The SMILES string of the molecule is OCCc1scnc1Br. The zero-order chi connectivity index (χ0) is 6.69. The van der Waals surface area contributed by atoms with Crippen molar-refractivity contribution in [3.8, 4) is 0 Å². The summed E-state index contributed by atoms with van der Waals surface area (Å²) < 4.78 is 0.863. The van der Waals surface area contributed by atoms with Crippen LogP contribution in [0.15, 0.2) is 10.1 Å². The van der Waals surface area contributed by atoms with Gasteiger partial charge in [0.05, 0.1) is 5.51 Å². The Balaban J connectivity index is 2.69. The highest BCUT2D eigenvalue weighted by Crippen LogP contribution is 2.18. The number of aliphatic hydroxyl groups excluding tert-OH is 1. The molecule has 0 fully saturated rings. The molecular weight excluding hydrogens is 202 g/mol. The van der Waals surface area contributed by atoms with Gasteiger partial charge in [-0.05, 0) is 15.9 Å². The summed E-state index contributed by atoms with van der Waals surface area (Å²) in [6, 6.07) is 0. The monoisotopic (exact) mass is 207 g/mol. The van der Waals surface area contributed by atoms with Gasteiger partial charge in [-0.2, -0.15) is 0 Å². The number of nitrogens with zero attached hydrogens (tertiary/aromatic N) is 1. The molecule has 0 saturated carbocycles. The number of rotatable bonds is 2. The molecule has 1 aromatic heterocycles. The minimum Gasteiger partial charge on any atom is -0.396 e. The molecule has 0 radical (unpaired) electrons. The van der Waals surface area contributed by atoms with Crippen LogP contribution in [0.2, 0.25) is 0 Å². The Kier molecular flexibility index (Phi) is 2.63. The molecule has 50 valence electrons. The normalized spacial score (nSPS) is 10.0. The molecule has 0 atom stereocenters. The van der Waals surface area contributed by atoms with Gasteiger partial charge in [0.25, 0.3) is 0 Å². The van der Waals surface area contributed by atoms with Crippen LogP contribution in [0.1, 0.15) is 4.88 Å². The van der Waals surface area contributed by atoms with E-state index in [0.717, 1.165) is 9.48 Å². The minimum absolute atomic E-state index is 0.195. The maximum absolute atomic E-state index is 8.52. The van der Waals surface area contributed by atoms with Crippen LogP contribution in [0.25, 0.3) is 0 Å². The van der Waals surface area contributed by atoms with Gasteiger partial charge in [0.2, 0.25) is 0 Å². The molecule has 0 aliphatic heterocycles. The zero-order valence-corrected chi connectivity index (χ0v) is 7.07. The minimum atomic E-state index is 0.195. The first kappa shape index (κ1) is 7.18. The van der Waals surface area contributed by atoms with Crippen LogP contribution in [0, 0.1) is 0 Å². The van der Waals surface area contributed by atoms with E-state index in [9.17, 15) is 0 Å². The molecule has 1 rings (SSSR count). The average Bonchev–Trinajstić information content (AvgIpc) is 2.18. The molecule has 0 aromatic carbocycles. The molecule has 0 bridgehead atoms. The molecule has 0 spiro atoms. The maximum Gasteiger partial charge on any atom is 0.120 e. The van der Waals surface area contributed by atoms with E-state index < -0.39 is 0 Å². The molecule has 2 nitrogen and oxygen atoms in total. The van der Waals surface area contributed by atoms with Crippen molar-refractivity contribution in [3.05, 3.63) is 15.0 Å². The predicted molar refractivity (Wildman–Crippen MR) is 40.6 cm³/mol. The van der Waals surface area contributed by atoms with Crippen molar-refractivity contribution in [2.24, 2.45) is 0 Å². The summed E-state index contributed by atoms with van der Waals surface area (Å²) >= 11 is 4.81. The summed E-state index contributed by atoms with van der Waals surface area (Å²) in [4.78, 5) is 5.07. The molecule has 1 N–H and O–H groups in total. The van der Waals surface area contributed by atoms with Crippen molar-refractivity contribution in [1.29, 1.82) is 0 Å². The topological polar surface area (TPSA) is 33.1 Å². The largest absolute Gasteiger partial charge is 0.396 e. The second kappa shape index (κ2) is 3.29. The first-order chi connectivity index (χ1) is 4.34. The standard InChI is InChI=1S/C5H6BrNOS/c6-5-4(1-2-8)9-3-7-5/h3,8H,1-2H2. The number of halogens is 1. The van der Waals surface area contributed by atoms with E-state index in [0.29, 0.717) is 6.42 Å². The van der Waals surface area contributed by atoms with Gasteiger partial charge in [-0.3, -0.25) is 0 Å². The summed E-state index contributed by atoms with van der Waals surface area (Å²) in [5.41, 5.74) is 1.76. The number of thiazole rings is 1. The Morgan fingerprint density at radius 1 is 1.78 bits per heavy atom. The Morgan fingerprint density at radius 3 is 3.00 bits per heavy atom. The van der Waals surface area contributed by atoms with Crippen LogP contribution >= 0.6 is 27.3 Å². The van der Waals surface area contributed by atoms with Crippen molar-refractivity contribution < 1.29 is 5.11 Å². The average molecular weight is 208 g/mol. The third kappa shape index (κ3) is 1.74. The van der Waals surface area contributed by atoms with E-state index in [1.165, 1.54) is 0 Å². The Hall–Kier alpha value is 0.0700. The van der Waals surface area contributed by atoms with Crippen molar-refractivity contribution in [2.45, 2.75) is 6.42 Å². The fraction of sp³-hybridized carbons (Fsp3) is 0.400. The van der Waals surface area contributed by atoms with Gasteiger partial charge < -0.3 is 5.11 Å². The molecule has 4 heteroatoms. The highest BCUT2D eigenvalue weighted by molar-refractivity contribution is 9.10. The molecule has 1 heterocycles. The zero-order valence-electron chi connectivity index (χ0n) is 4.67. The van der Waals surface area contributed by atoms with Gasteiger partial charge in [-0.15, -0.1) is 11.3 Å². The van der Waals surface area contributed by atoms with E-state index in [4.69, 9.17) is 5.11 Å². The van der Waals surface area contributed by atoms with Crippen LogP contribution in [0.3, 0.4) is 0 Å². The van der Waals surface area contributed by atoms with Gasteiger partial charge in [-0.1, -0.05) is 0 Å². The fourth-order valence-corrected chi connectivity index (χ4v) is 1.88. The Morgan fingerprint density at radius 2 is 2.56 bits per heavy atom. The number of hydrogen-bond acceptors (Lipinski definition) is 3. The molecule has 0 saturated heterocycles. The first-order valence-electron chi connectivity index (χ1n) is 2.53. The van der Waals surface area contributed by atoms with Gasteiger partial charge in [0, 0.05) is 17.9 Å². The number of hydrogen-bond donors (Lipinski definition) is 1. The quantitative estimate of drug-likeness (QED) is 0.797. The molecule has 1 aromatic rings. The lowest BCUT2D eigenvalue weighted by Gasteiger charge is -1.88. The van der Waals surface area contributed by atoms with Crippen molar-refractivity contribution in [3.63, 3.8) is 0 Å². The lowest BCUT2D eigenvalue weighted by Crippen LogP contribution is -1.86. The fourth-order valence-electron chi connectivity index (χ4n) is 0.520. The van der Waals surface area contributed by atoms with Crippen molar-refractivity contribution in [2.75, 3.05) is 6.61 Å². The Labute approximate surface area is 65.7 Å². The third-order valence-corrected chi connectivity index (χ3v) is 2.77. The Bertz CT molecular complexity index is 189. The summed E-state index contributed by atoms with van der Waals surface area (Å²) in [6.07, 6.45) is 0.700. The van der Waals surface area contributed by atoms with Crippen LogP contribution in [-0.4, -0.2) is 16.7 Å². The highest BCUT2D eigenvalue weighted by atomic mass is 79.9. The van der Waals surface area contributed by atoms with Crippen LogP contribution in [-0.2, 0) is 6.42 Å². The van der Waals surface area contributed by atoms with E-state index in [1.54, 1.807) is 16.8 Å². The van der Waals surface area contributed by atoms with Crippen molar-refractivity contribution >= 4 is 27.3 Å². The molecule has 0 unspecified atom stereocenters. The molecular formula is C5H6BrNOS. The maximum atomic E-state index is 8.52. The summed E-state index contributed by atoms with van der Waals surface area (Å²) in [5, 5.41) is 8.52. The number of aromatic nitrogens is 1. The highest BCUT2D eigenvalue weighted by Gasteiger charge is 1.99. The second-order valence-electron chi connectivity index (χ2n) is 1.54. The van der Waals surface area contributed by atoms with Gasteiger partial charge in [-0.25, -0.2) is 4.98 Å². The first-order valence-corrected chi connectivity index (χ1v) is 4.20. The molecule has 9 heavy (non-hydrogen) atoms. The van der Waals surface area contributed by atoms with Crippen LogP contribution in [0.4, 0.5) is 0 Å². The van der Waals surface area contributed by atoms with E-state index in [1.807, 2.05) is 0 Å². The lowest BCUT2D eigenvalue weighted by molar-refractivity contribution is 0.300.